The number of hydrogen-bond donors (Lipinski definition) is 1. The van der Waals surface area contributed by atoms with E-state index in [1.165, 1.54) is 19.5 Å². The second-order valence-corrected chi connectivity index (χ2v) is 5.58. The molecule has 0 bridgehead atoms. The Morgan fingerprint density at radius 2 is 2.00 bits per heavy atom. The van der Waals surface area contributed by atoms with Gasteiger partial charge >= 0.3 is 11.9 Å². The molecule has 1 amide bonds. The van der Waals surface area contributed by atoms with E-state index >= 15 is 0 Å². The van der Waals surface area contributed by atoms with Crippen LogP contribution in [0.1, 0.15) is 37.6 Å². The third-order valence-electron chi connectivity index (χ3n) is 2.51. The molecule has 1 N–H and O–H groups in total. The van der Waals surface area contributed by atoms with E-state index in [4.69, 9.17) is 4.74 Å². The highest BCUT2D eigenvalue weighted by Gasteiger charge is 2.27. The molecule has 0 unspecified atom stereocenters. The lowest BCUT2D eigenvalue weighted by atomic mass is 10.1. The summed E-state index contributed by atoms with van der Waals surface area (Å²) in [6.45, 7) is 5.14. The highest BCUT2D eigenvalue weighted by Crippen LogP contribution is 2.10. The molecule has 0 aliphatic carbocycles. The Morgan fingerprint density at radius 3 is 2.50 bits per heavy atom. The molecule has 1 aromatic rings. The predicted octanol–water partition coefficient (Wildman–Crippen LogP) is 1.08. The van der Waals surface area contributed by atoms with Crippen LogP contribution in [0.5, 0.6) is 0 Å². The Morgan fingerprint density at radius 1 is 1.32 bits per heavy atom. The van der Waals surface area contributed by atoms with E-state index < -0.39 is 29.5 Å². The van der Waals surface area contributed by atoms with Crippen LogP contribution in [0.25, 0.3) is 0 Å². The lowest BCUT2D eigenvalue weighted by molar-refractivity contribution is -0.158. The zero-order valence-electron chi connectivity index (χ0n) is 13.1. The first-order valence-corrected chi connectivity index (χ1v) is 6.73. The molecule has 0 spiro atoms. The summed E-state index contributed by atoms with van der Waals surface area (Å²) in [6.07, 6.45) is 2.57. The summed E-state index contributed by atoms with van der Waals surface area (Å²) < 4.78 is 9.74. The number of amides is 1. The van der Waals surface area contributed by atoms with Crippen molar-refractivity contribution in [1.82, 2.24) is 10.3 Å². The average molecular weight is 308 g/mol. The molecule has 0 aromatic carbocycles. The molecule has 22 heavy (non-hydrogen) atoms. The zero-order chi connectivity index (χ0) is 16.8. The summed E-state index contributed by atoms with van der Waals surface area (Å²) in [4.78, 5) is 39.4. The molecule has 0 aliphatic heterocycles. The molecule has 1 atom stereocenters. The van der Waals surface area contributed by atoms with Crippen molar-refractivity contribution in [2.75, 3.05) is 7.11 Å². The Balaban J connectivity index is 2.75. The summed E-state index contributed by atoms with van der Waals surface area (Å²) in [7, 11) is 1.18. The van der Waals surface area contributed by atoms with Gasteiger partial charge in [-0.05, 0) is 32.9 Å². The predicted molar refractivity (Wildman–Crippen MR) is 78.0 cm³/mol. The first-order valence-electron chi connectivity index (χ1n) is 6.73. The van der Waals surface area contributed by atoms with Crippen LogP contribution in [0, 0.1) is 0 Å². The van der Waals surface area contributed by atoms with Crippen LogP contribution in [-0.4, -0.2) is 41.6 Å². The van der Waals surface area contributed by atoms with Gasteiger partial charge in [0.2, 0.25) is 0 Å². The highest BCUT2D eigenvalue weighted by molar-refractivity contribution is 5.97. The van der Waals surface area contributed by atoms with Crippen LogP contribution < -0.4 is 5.32 Å². The first-order chi connectivity index (χ1) is 10.2. The molecule has 1 rings (SSSR count). The lowest BCUT2D eigenvalue weighted by Gasteiger charge is -2.22. The Kier molecular flexibility index (Phi) is 6.03. The van der Waals surface area contributed by atoms with Crippen molar-refractivity contribution >= 4 is 17.8 Å². The van der Waals surface area contributed by atoms with Crippen LogP contribution in [0.15, 0.2) is 24.5 Å². The van der Waals surface area contributed by atoms with Gasteiger partial charge in [-0.1, -0.05) is 0 Å². The molecule has 0 aliphatic rings. The average Bonchev–Trinajstić information content (AvgIpc) is 2.44. The van der Waals surface area contributed by atoms with Crippen molar-refractivity contribution in [3.8, 4) is 0 Å². The summed E-state index contributed by atoms with van der Waals surface area (Å²) in [5.74, 6) is -1.84. The van der Waals surface area contributed by atoms with E-state index in [-0.39, 0.29) is 12.0 Å². The van der Waals surface area contributed by atoms with Crippen LogP contribution in [0.2, 0.25) is 0 Å². The van der Waals surface area contributed by atoms with Crippen LogP contribution in [0.3, 0.4) is 0 Å². The monoisotopic (exact) mass is 308 g/mol. The number of rotatable bonds is 5. The molecule has 1 aromatic heterocycles. The number of carbonyl (C=O) groups excluding carboxylic acids is 3. The van der Waals surface area contributed by atoms with Crippen molar-refractivity contribution in [2.45, 2.75) is 38.8 Å². The third kappa shape index (κ3) is 5.90. The minimum absolute atomic E-state index is 0.278. The summed E-state index contributed by atoms with van der Waals surface area (Å²) in [6, 6.07) is 2.02. The lowest BCUT2D eigenvalue weighted by Crippen LogP contribution is -2.43. The molecule has 0 saturated heterocycles. The minimum Gasteiger partial charge on any atom is -0.467 e. The van der Waals surface area contributed by atoms with Crippen molar-refractivity contribution in [1.29, 1.82) is 0 Å². The van der Waals surface area contributed by atoms with Gasteiger partial charge in [0.1, 0.15) is 11.6 Å². The molecule has 0 saturated carbocycles. The highest BCUT2D eigenvalue weighted by atomic mass is 16.6. The number of carbonyl (C=O) groups is 3. The number of hydrogen-bond acceptors (Lipinski definition) is 6. The maximum atomic E-state index is 12.0. The number of pyridine rings is 1. The topological polar surface area (TPSA) is 94.6 Å². The Labute approximate surface area is 129 Å². The number of methoxy groups -OCH3 is 1. The van der Waals surface area contributed by atoms with Gasteiger partial charge in [0.15, 0.2) is 0 Å². The van der Waals surface area contributed by atoms with Gasteiger partial charge < -0.3 is 14.8 Å². The van der Waals surface area contributed by atoms with Gasteiger partial charge in [-0.15, -0.1) is 0 Å². The molecule has 120 valence electrons. The normalized spacial score (nSPS) is 12.2. The Bertz CT molecular complexity index is 537. The summed E-state index contributed by atoms with van der Waals surface area (Å²) in [5, 5.41) is 2.45. The maximum absolute atomic E-state index is 12.0. The molecular weight excluding hydrogens is 288 g/mol. The number of ether oxygens (including phenoxy) is 2. The van der Waals surface area contributed by atoms with Gasteiger partial charge in [0.05, 0.1) is 19.1 Å². The second kappa shape index (κ2) is 7.53. The fraction of sp³-hybridized carbons (Fsp3) is 0.467. The van der Waals surface area contributed by atoms with Gasteiger partial charge in [-0.2, -0.15) is 0 Å². The van der Waals surface area contributed by atoms with Crippen LogP contribution in [0.4, 0.5) is 0 Å². The number of aromatic nitrogens is 1. The molecule has 7 heteroatoms. The molecule has 7 nitrogen and oxygen atoms in total. The van der Waals surface area contributed by atoms with Gasteiger partial charge in [0, 0.05) is 12.4 Å². The summed E-state index contributed by atoms with van der Waals surface area (Å²) in [5.41, 5.74) is -0.397. The van der Waals surface area contributed by atoms with Crippen molar-refractivity contribution < 1.29 is 23.9 Å². The van der Waals surface area contributed by atoms with Gasteiger partial charge in [-0.3, -0.25) is 14.6 Å². The molecule has 1 heterocycles. The largest absolute Gasteiger partial charge is 0.467 e. The zero-order valence-corrected chi connectivity index (χ0v) is 13.1. The van der Waals surface area contributed by atoms with E-state index in [2.05, 4.69) is 15.0 Å². The number of nitrogens with zero attached hydrogens (tertiary/aromatic N) is 1. The number of nitrogens with one attached hydrogen (secondary N) is 1. The van der Waals surface area contributed by atoms with Crippen LogP contribution >= 0.6 is 0 Å². The standard InChI is InChI=1S/C15H20N2O5/c1-15(2,3)22-12(18)8-11(14(20)21-4)17-13(19)10-6-5-7-16-9-10/h5-7,9,11H,8H2,1-4H3,(H,17,19)/t11-/m0/s1. The fourth-order valence-corrected chi connectivity index (χ4v) is 1.62. The fourth-order valence-electron chi connectivity index (χ4n) is 1.62. The first kappa shape index (κ1) is 17.6. The van der Waals surface area contributed by atoms with Gasteiger partial charge in [0.25, 0.3) is 5.91 Å². The maximum Gasteiger partial charge on any atom is 0.328 e. The number of esters is 2. The smallest absolute Gasteiger partial charge is 0.328 e. The van der Waals surface area contributed by atoms with E-state index in [0.29, 0.717) is 0 Å². The van der Waals surface area contributed by atoms with E-state index in [1.54, 1.807) is 32.9 Å². The minimum atomic E-state index is -1.12. The molecule has 0 fully saturated rings. The van der Waals surface area contributed by atoms with E-state index in [0.717, 1.165) is 0 Å². The quantitative estimate of drug-likeness (QED) is 0.818. The van der Waals surface area contributed by atoms with Gasteiger partial charge in [-0.25, -0.2) is 4.79 Å². The van der Waals surface area contributed by atoms with Crippen molar-refractivity contribution in [3.63, 3.8) is 0 Å². The molecular formula is C15H20N2O5. The van der Waals surface area contributed by atoms with Crippen LogP contribution in [-0.2, 0) is 19.1 Å². The summed E-state index contributed by atoms with van der Waals surface area (Å²) >= 11 is 0. The van der Waals surface area contributed by atoms with E-state index in [1.807, 2.05) is 0 Å². The SMILES string of the molecule is COC(=O)[C@H](CC(=O)OC(C)(C)C)NC(=O)c1cccnc1. The molecule has 0 radical (unpaired) electrons. The third-order valence-corrected chi connectivity index (χ3v) is 2.51. The Hall–Kier alpha value is -2.44. The van der Waals surface area contributed by atoms with E-state index in [9.17, 15) is 14.4 Å². The van der Waals surface area contributed by atoms with Crippen molar-refractivity contribution in [2.24, 2.45) is 0 Å². The second-order valence-electron chi connectivity index (χ2n) is 5.58. The van der Waals surface area contributed by atoms with Crippen molar-refractivity contribution in [3.05, 3.63) is 30.1 Å².